The highest BCUT2D eigenvalue weighted by Gasteiger charge is 2.33. The molecule has 1 unspecified atom stereocenters. The second-order valence-corrected chi connectivity index (χ2v) is 7.66. The van der Waals surface area contributed by atoms with Gasteiger partial charge in [-0.15, -0.1) is 0 Å². The minimum Gasteiger partial charge on any atom is -0.479 e. The number of hydrogen-bond donors (Lipinski definition) is 2. The normalized spacial score (nSPS) is 21.4. The second kappa shape index (κ2) is 6.78. The maximum atomic E-state index is 12.8. The first-order valence-corrected chi connectivity index (χ1v) is 9.22. The number of carboxylic acids is 1. The van der Waals surface area contributed by atoms with Gasteiger partial charge in [0.05, 0.1) is 30.2 Å². The second-order valence-electron chi connectivity index (χ2n) is 5.91. The lowest BCUT2D eigenvalue weighted by Gasteiger charge is -2.35. The molecule has 1 aromatic rings. The molecule has 0 saturated carbocycles. The molecule has 132 valence electrons. The summed E-state index contributed by atoms with van der Waals surface area (Å²) in [6.45, 7) is 3.60. The fourth-order valence-electron chi connectivity index (χ4n) is 2.55. The number of carboxylic acid groups (broad SMARTS) is 1. The molecule has 0 aliphatic carbocycles. The topological polar surface area (TPSA) is 113 Å². The van der Waals surface area contributed by atoms with E-state index in [2.05, 4.69) is 4.72 Å². The Morgan fingerprint density at radius 3 is 2.58 bits per heavy atom. The van der Waals surface area contributed by atoms with Crippen molar-refractivity contribution < 1.29 is 27.9 Å². The van der Waals surface area contributed by atoms with E-state index in [1.807, 2.05) is 0 Å². The molecule has 0 radical (unpaired) electrons. The smallest absolute Gasteiger partial charge is 0.334 e. The van der Waals surface area contributed by atoms with Gasteiger partial charge in [-0.1, -0.05) is 11.6 Å². The van der Waals surface area contributed by atoms with Crippen LogP contribution in [0, 0.1) is 6.92 Å². The number of carbonyl (C=O) groups is 2. The average Bonchev–Trinajstić information content (AvgIpc) is 2.46. The zero-order valence-electron chi connectivity index (χ0n) is 13.6. The summed E-state index contributed by atoms with van der Waals surface area (Å²) in [4.78, 5) is 25.3. The Labute approximate surface area is 140 Å². The lowest BCUT2D eigenvalue weighted by Crippen LogP contribution is -2.51. The Morgan fingerprint density at radius 2 is 2.00 bits per heavy atom. The molecule has 2 rings (SSSR count). The summed E-state index contributed by atoms with van der Waals surface area (Å²) in [5.74, 6) is -1.58. The highest BCUT2D eigenvalue weighted by molar-refractivity contribution is 7.92. The van der Waals surface area contributed by atoms with Crippen molar-refractivity contribution in [2.24, 2.45) is 0 Å². The van der Waals surface area contributed by atoms with E-state index >= 15 is 0 Å². The average molecular weight is 356 g/mol. The Morgan fingerprint density at radius 1 is 1.33 bits per heavy atom. The predicted octanol–water partition coefficient (Wildman–Crippen LogP) is 0.681. The van der Waals surface area contributed by atoms with Crippen LogP contribution in [0.1, 0.15) is 22.8 Å². The molecule has 1 fully saturated rings. The number of aliphatic carboxylic acids is 1. The third-order valence-electron chi connectivity index (χ3n) is 3.52. The summed E-state index contributed by atoms with van der Waals surface area (Å²) in [5.41, 5.74) is 1.13. The SMILES string of the molecule is Cc1ccc(NS(C)(=O)=O)c(C(=O)N2CC(C(=O)O)O[C@H](C)C2)c1. The van der Waals surface area contributed by atoms with Crippen LogP contribution >= 0.6 is 0 Å². The summed E-state index contributed by atoms with van der Waals surface area (Å²) in [7, 11) is -3.55. The van der Waals surface area contributed by atoms with E-state index in [1.54, 1.807) is 26.0 Å². The number of amides is 1. The first-order chi connectivity index (χ1) is 11.1. The van der Waals surface area contributed by atoms with Crippen LogP contribution in [0.4, 0.5) is 5.69 Å². The van der Waals surface area contributed by atoms with Crippen molar-refractivity contribution in [1.29, 1.82) is 0 Å². The number of nitrogens with zero attached hydrogens (tertiary/aromatic N) is 1. The van der Waals surface area contributed by atoms with Gasteiger partial charge in [-0.3, -0.25) is 9.52 Å². The zero-order chi connectivity index (χ0) is 18.1. The largest absolute Gasteiger partial charge is 0.479 e. The number of carbonyl (C=O) groups excluding carboxylic acids is 1. The summed E-state index contributed by atoms with van der Waals surface area (Å²) in [5, 5.41) is 9.12. The molecular weight excluding hydrogens is 336 g/mol. The number of hydrogen-bond acceptors (Lipinski definition) is 5. The monoisotopic (exact) mass is 356 g/mol. The highest BCUT2D eigenvalue weighted by Crippen LogP contribution is 2.22. The number of nitrogens with one attached hydrogen (secondary N) is 1. The van der Waals surface area contributed by atoms with E-state index in [-0.39, 0.29) is 24.3 Å². The van der Waals surface area contributed by atoms with E-state index in [0.29, 0.717) is 0 Å². The maximum absolute atomic E-state index is 12.8. The van der Waals surface area contributed by atoms with Crippen LogP contribution in [0.15, 0.2) is 18.2 Å². The fraction of sp³-hybridized carbons (Fsp3) is 0.467. The van der Waals surface area contributed by atoms with E-state index in [9.17, 15) is 18.0 Å². The van der Waals surface area contributed by atoms with Crippen molar-refractivity contribution in [3.8, 4) is 0 Å². The quantitative estimate of drug-likeness (QED) is 0.820. The number of benzene rings is 1. The van der Waals surface area contributed by atoms with Gasteiger partial charge < -0.3 is 14.7 Å². The van der Waals surface area contributed by atoms with E-state index in [4.69, 9.17) is 9.84 Å². The minimum absolute atomic E-state index is 0.0925. The Hall–Kier alpha value is -2.13. The van der Waals surface area contributed by atoms with Crippen LogP contribution in [0.3, 0.4) is 0 Å². The molecule has 2 atom stereocenters. The van der Waals surface area contributed by atoms with E-state index in [1.165, 1.54) is 11.0 Å². The molecule has 1 aliphatic heterocycles. The molecule has 0 bridgehead atoms. The number of rotatable bonds is 4. The van der Waals surface area contributed by atoms with Gasteiger partial charge in [0.1, 0.15) is 0 Å². The Kier molecular flexibility index (Phi) is 5.14. The molecule has 2 N–H and O–H groups in total. The van der Waals surface area contributed by atoms with Crippen LogP contribution in [0.2, 0.25) is 0 Å². The van der Waals surface area contributed by atoms with Crippen molar-refractivity contribution >= 4 is 27.6 Å². The standard InChI is InChI=1S/C15H20N2O6S/c1-9-4-5-12(16-24(3,21)22)11(6-9)14(18)17-7-10(2)23-13(8-17)15(19)20/h4-6,10,13,16H,7-8H2,1-3H3,(H,19,20)/t10-,13?/m1/s1. The van der Waals surface area contributed by atoms with Gasteiger partial charge in [-0.05, 0) is 26.0 Å². The van der Waals surface area contributed by atoms with Crippen LogP contribution < -0.4 is 4.72 Å². The van der Waals surface area contributed by atoms with Crippen molar-refractivity contribution in [3.05, 3.63) is 29.3 Å². The van der Waals surface area contributed by atoms with Crippen LogP contribution in [-0.4, -0.2) is 61.9 Å². The van der Waals surface area contributed by atoms with Crippen LogP contribution in [0.25, 0.3) is 0 Å². The number of aryl methyl sites for hydroxylation is 1. The molecule has 1 saturated heterocycles. The Bertz CT molecular complexity index is 761. The lowest BCUT2D eigenvalue weighted by molar-refractivity contribution is -0.160. The van der Waals surface area contributed by atoms with E-state index in [0.717, 1.165) is 11.8 Å². The van der Waals surface area contributed by atoms with Gasteiger partial charge >= 0.3 is 5.97 Å². The molecule has 9 heteroatoms. The van der Waals surface area contributed by atoms with Crippen molar-refractivity contribution in [3.63, 3.8) is 0 Å². The van der Waals surface area contributed by atoms with E-state index < -0.39 is 34.1 Å². The number of sulfonamides is 1. The van der Waals surface area contributed by atoms with Gasteiger partial charge in [0.2, 0.25) is 10.0 Å². The van der Waals surface area contributed by atoms with Crippen molar-refractivity contribution in [2.75, 3.05) is 24.1 Å². The van der Waals surface area contributed by atoms with Gasteiger partial charge in [0.25, 0.3) is 5.91 Å². The number of ether oxygens (including phenoxy) is 1. The van der Waals surface area contributed by atoms with Gasteiger partial charge in [0.15, 0.2) is 6.10 Å². The predicted molar refractivity (Wildman–Crippen MR) is 87.5 cm³/mol. The molecule has 8 nitrogen and oxygen atoms in total. The number of anilines is 1. The highest BCUT2D eigenvalue weighted by atomic mass is 32.2. The van der Waals surface area contributed by atoms with Gasteiger partial charge in [-0.2, -0.15) is 0 Å². The fourth-order valence-corrected chi connectivity index (χ4v) is 3.13. The van der Waals surface area contributed by atoms with Crippen molar-refractivity contribution in [2.45, 2.75) is 26.1 Å². The number of morpholine rings is 1. The molecular formula is C15H20N2O6S. The maximum Gasteiger partial charge on any atom is 0.334 e. The molecule has 0 aromatic heterocycles. The molecule has 1 heterocycles. The van der Waals surface area contributed by atoms with Gasteiger partial charge in [0, 0.05) is 6.54 Å². The molecule has 0 spiro atoms. The zero-order valence-corrected chi connectivity index (χ0v) is 14.5. The lowest BCUT2D eigenvalue weighted by atomic mass is 10.1. The van der Waals surface area contributed by atoms with Crippen molar-refractivity contribution in [1.82, 2.24) is 4.90 Å². The van der Waals surface area contributed by atoms with Crippen LogP contribution in [0.5, 0.6) is 0 Å². The summed E-state index contributed by atoms with van der Waals surface area (Å²) in [6, 6.07) is 4.78. The van der Waals surface area contributed by atoms with Crippen LogP contribution in [-0.2, 0) is 19.6 Å². The summed E-state index contributed by atoms with van der Waals surface area (Å²) in [6.07, 6.45) is -0.535. The molecule has 24 heavy (non-hydrogen) atoms. The minimum atomic E-state index is -3.55. The third kappa shape index (κ3) is 4.45. The first kappa shape index (κ1) is 18.2. The molecule has 1 aromatic carbocycles. The van der Waals surface area contributed by atoms with Gasteiger partial charge in [-0.25, -0.2) is 13.2 Å². The first-order valence-electron chi connectivity index (χ1n) is 7.33. The third-order valence-corrected chi connectivity index (χ3v) is 4.11. The summed E-state index contributed by atoms with van der Waals surface area (Å²) >= 11 is 0. The summed E-state index contributed by atoms with van der Waals surface area (Å²) < 4.78 is 30.6. The Balaban J connectivity index is 2.34. The molecule has 1 aliphatic rings. The molecule has 1 amide bonds.